The van der Waals surface area contributed by atoms with Crippen LogP contribution in [0.15, 0.2) is 0 Å². The molecule has 4 nitrogen and oxygen atoms in total. The molecule has 2 fully saturated rings. The van der Waals surface area contributed by atoms with Crippen molar-refractivity contribution >= 4 is 9.84 Å². The highest BCUT2D eigenvalue weighted by Gasteiger charge is 2.29. The monoisotopic (exact) mass is 247 g/mol. The topological polar surface area (TPSA) is 66.4 Å². The lowest BCUT2D eigenvalue weighted by atomic mass is 9.92. The number of sulfone groups is 1. The molecule has 2 aliphatic rings. The van der Waals surface area contributed by atoms with Gasteiger partial charge in [0.05, 0.1) is 17.6 Å². The maximum Gasteiger partial charge on any atom is 0.150 e. The van der Waals surface area contributed by atoms with Gasteiger partial charge in [-0.2, -0.15) is 0 Å². The summed E-state index contributed by atoms with van der Waals surface area (Å²) in [6.07, 6.45) is 4.70. The van der Waals surface area contributed by atoms with Gasteiger partial charge in [0.1, 0.15) is 0 Å². The fourth-order valence-corrected chi connectivity index (χ4v) is 4.56. The van der Waals surface area contributed by atoms with E-state index in [1.54, 1.807) is 0 Å². The largest absolute Gasteiger partial charge is 0.392 e. The van der Waals surface area contributed by atoms with Crippen LogP contribution in [0, 0.1) is 5.92 Å². The molecule has 2 N–H and O–H groups in total. The van der Waals surface area contributed by atoms with Gasteiger partial charge in [-0.3, -0.25) is 0 Å². The lowest BCUT2D eigenvalue weighted by Crippen LogP contribution is -2.44. The quantitative estimate of drug-likeness (QED) is 0.753. The first-order valence-corrected chi connectivity index (χ1v) is 8.01. The summed E-state index contributed by atoms with van der Waals surface area (Å²) in [5.74, 6) is 0.911. The Labute approximate surface area is 97.3 Å². The van der Waals surface area contributed by atoms with E-state index < -0.39 is 9.84 Å². The van der Waals surface area contributed by atoms with Crippen molar-refractivity contribution < 1.29 is 13.5 Å². The van der Waals surface area contributed by atoms with Crippen molar-refractivity contribution in [2.24, 2.45) is 5.92 Å². The lowest BCUT2D eigenvalue weighted by Gasteiger charge is -2.29. The second-order valence-corrected chi connectivity index (χ2v) is 7.36. The molecule has 2 rings (SSSR count). The van der Waals surface area contributed by atoms with E-state index in [4.69, 9.17) is 0 Å². The van der Waals surface area contributed by atoms with Gasteiger partial charge >= 0.3 is 0 Å². The molecule has 0 spiro atoms. The molecule has 94 valence electrons. The van der Waals surface area contributed by atoms with Crippen molar-refractivity contribution in [2.45, 2.75) is 44.2 Å². The van der Waals surface area contributed by atoms with E-state index in [9.17, 15) is 13.5 Å². The Bertz CT molecular complexity index is 328. The third-order valence-corrected chi connectivity index (χ3v) is 5.56. The van der Waals surface area contributed by atoms with Crippen LogP contribution in [-0.2, 0) is 9.84 Å². The van der Waals surface area contributed by atoms with E-state index in [0.717, 1.165) is 38.6 Å². The van der Waals surface area contributed by atoms with Gasteiger partial charge in [0, 0.05) is 6.04 Å². The molecule has 0 bridgehead atoms. The minimum Gasteiger partial charge on any atom is -0.392 e. The molecule has 1 saturated heterocycles. The SMILES string of the molecule is O=S1(=O)CCC(CN[C@H]2CCCC[C@@H]2O)C1. The molecule has 0 aromatic heterocycles. The second kappa shape index (κ2) is 5.02. The van der Waals surface area contributed by atoms with Crippen LogP contribution in [0.25, 0.3) is 0 Å². The predicted octanol–water partition coefficient (Wildman–Crippen LogP) is 0.314. The first kappa shape index (κ1) is 12.3. The summed E-state index contributed by atoms with van der Waals surface area (Å²) in [5.41, 5.74) is 0. The number of hydrogen-bond donors (Lipinski definition) is 2. The number of aliphatic hydroxyl groups excluding tert-OH is 1. The Morgan fingerprint density at radius 3 is 2.56 bits per heavy atom. The highest BCUT2D eigenvalue weighted by atomic mass is 32.2. The fourth-order valence-electron chi connectivity index (χ4n) is 2.70. The smallest absolute Gasteiger partial charge is 0.150 e. The van der Waals surface area contributed by atoms with Gasteiger partial charge in [0.2, 0.25) is 0 Å². The zero-order valence-corrected chi connectivity index (χ0v) is 10.4. The van der Waals surface area contributed by atoms with Gasteiger partial charge in [0.25, 0.3) is 0 Å². The molecule has 16 heavy (non-hydrogen) atoms. The van der Waals surface area contributed by atoms with Crippen molar-refractivity contribution in [3.63, 3.8) is 0 Å². The number of rotatable bonds is 3. The average Bonchev–Trinajstić information content (AvgIpc) is 2.57. The Hall–Kier alpha value is -0.130. The van der Waals surface area contributed by atoms with Gasteiger partial charge in [-0.15, -0.1) is 0 Å². The molecule has 0 aromatic rings. The highest BCUT2D eigenvalue weighted by molar-refractivity contribution is 7.91. The Balaban J connectivity index is 1.75. The van der Waals surface area contributed by atoms with Crippen LogP contribution in [0.2, 0.25) is 0 Å². The zero-order chi connectivity index (χ0) is 11.6. The summed E-state index contributed by atoms with van der Waals surface area (Å²) in [4.78, 5) is 0. The van der Waals surface area contributed by atoms with Gasteiger partial charge < -0.3 is 10.4 Å². The van der Waals surface area contributed by atoms with Gasteiger partial charge in [-0.05, 0) is 31.7 Å². The Morgan fingerprint density at radius 1 is 1.19 bits per heavy atom. The molecule has 5 heteroatoms. The minimum atomic E-state index is -2.76. The van der Waals surface area contributed by atoms with E-state index in [0.29, 0.717) is 11.5 Å². The molecule has 1 heterocycles. The van der Waals surface area contributed by atoms with Crippen LogP contribution in [0.4, 0.5) is 0 Å². The van der Waals surface area contributed by atoms with Crippen molar-refractivity contribution in [3.8, 4) is 0 Å². The molecular weight excluding hydrogens is 226 g/mol. The summed E-state index contributed by atoms with van der Waals surface area (Å²) in [6, 6.07) is 0.178. The van der Waals surface area contributed by atoms with Crippen LogP contribution >= 0.6 is 0 Å². The lowest BCUT2D eigenvalue weighted by molar-refractivity contribution is 0.0894. The molecule has 0 aromatic carbocycles. The first-order valence-electron chi connectivity index (χ1n) is 6.19. The van der Waals surface area contributed by atoms with Crippen LogP contribution in [-0.4, -0.2) is 43.7 Å². The van der Waals surface area contributed by atoms with E-state index in [-0.39, 0.29) is 18.1 Å². The van der Waals surface area contributed by atoms with Gasteiger partial charge in [-0.25, -0.2) is 8.42 Å². The molecule has 1 unspecified atom stereocenters. The summed E-state index contributed by atoms with van der Waals surface area (Å²) in [5, 5.41) is 13.1. The maximum atomic E-state index is 11.3. The fraction of sp³-hybridized carbons (Fsp3) is 1.00. The van der Waals surface area contributed by atoms with Crippen LogP contribution < -0.4 is 5.32 Å². The Kier molecular flexibility index (Phi) is 3.87. The van der Waals surface area contributed by atoms with Crippen LogP contribution in [0.3, 0.4) is 0 Å². The number of aliphatic hydroxyl groups is 1. The third-order valence-electron chi connectivity index (χ3n) is 3.72. The second-order valence-electron chi connectivity index (χ2n) is 5.14. The van der Waals surface area contributed by atoms with Gasteiger partial charge in [-0.1, -0.05) is 12.8 Å². The summed E-state index contributed by atoms with van der Waals surface area (Å²) < 4.78 is 22.6. The van der Waals surface area contributed by atoms with Crippen LogP contribution in [0.1, 0.15) is 32.1 Å². The average molecular weight is 247 g/mol. The molecule has 0 radical (unpaired) electrons. The summed E-state index contributed by atoms with van der Waals surface area (Å²) in [7, 11) is -2.76. The maximum absolute atomic E-state index is 11.3. The summed E-state index contributed by atoms with van der Waals surface area (Å²) >= 11 is 0. The summed E-state index contributed by atoms with van der Waals surface area (Å²) in [6.45, 7) is 0.737. The highest BCUT2D eigenvalue weighted by Crippen LogP contribution is 2.21. The normalized spacial score (nSPS) is 38.7. The van der Waals surface area contributed by atoms with Crippen molar-refractivity contribution in [2.75, 3.05) is 18.1 Å². The first-order chi connectivity index (χ1) is 7.57. The number of hydrogen-bond acceptors (Lipinski definition) is 4. The molecule has 3 atom stereocenters. The Morgan fingerprint density at radius 2 is 1.94 bits per heavy atom. The van der Waals surface area contributed by atoms with Crippen LogP contribution in [0.5, 0.6) is 0 Å². The molecule has 1 saturated carbocycles. The molecular formula is C11H21NO3S. The van der Waals surface area contributed by atoms with E-state index in [2.05, 4.69) is 5.32 Å². The number of nitrogens with one attached hydrogen (secondary N) is 1. The molecule has 0 amide bonds. The van der Waals surface area contributed by atoms with Crippen molar-refractivity contribution in [1.82, 2.24) is 5.32 Å². The van der Waals surface area contributed by atoms with E-state index in [1.807, 2.05) is 0 Å². The van der Waals surface area contributed by atoms with E-state index in [1.165, 1.54) is 0 Å². The third kappa shape index (κ3) is 3.18. The van der Waals surface area contributed by atoms with E-state index >= 15 is 0 Å². The standard InChI is InChI=1S/C11H21NO3S/c13-11-4-2-1-3-10(11)12-7-9-5-6-16(14,15)8-9/h9-13H,1-8H2/t9?,10-,11-/m0/s1. The minimum absolute atomic E-state index is 0.178. The molecule has 1 aliphatic heterocycles. The molecule has 1 aliphatic carbocycles. The zero-order valence-electron chi connectivity index (χ0n) is 9.56. The predicted molar refractivity (Wildman–Crippen MR) is 63.0 cm³/mol. The van der Waals surface area contributed by atoms with Gasteiger partial charge in [0.15, 0.2) is 9.84 Å². The van der Waals surface area contributed by atoms with Crippen molar-refractivity contribution in [3.05, 3.63) is 0 Å². The van der Waals surface area contributed by atoms with Crippen molar-refractivity contribution in [1.29, 1.82) is 0 Å².